The topological polar surface area (TPSA) is 55.4 Å². The summed E-state index contributed by atoms with van der Waals surface area (Å²) in [6, 6.07) is 6.33. The van der Waals surface area contributed by atoms with Crippen LogP contribution in [0.2, 0.25) is 0 Å². The molecule has 4 nitrogen and oxygen atoms in total. The van der Waals surface area contributed by atoms with Crippen LogP contribution >= 0.6 is 0 Å². The van der Waals surface area contributed by atoms with E-state index in [0.717, 1.165) is 0 Å². The SMILES string of the molecule is CC(C)c1cccc(C(C)C)c1COCC1=CC(=O)NC1=O. The van der Waals surface area contributed by atoms with Crippen LogP contribution in [0.15, 0.2) is 29.8 Å². The second kappa shape index (κ2) is 6.88. The smallest absolute Gasteiger partial charge is 0.256 e. The molecule has 1 aromatic carbocycles. The molecule has 0 atom stereocenters. The summed E-state index contributed by atoms with van der Waals surface area (Å²) in [6.45, 7) is 9.24. The fourth-order valence-electron chi connectivity index (χ4n) is 2.69. The lowest BCUT2D eigenvalue weighted by atomic mass is 9.89. The monoisotopic (exact) mass is 301 g/mol. The molecule has 0 aromatic heterocycles. The van der Waals surface area contributed by atoms with Crippen molar-refractivity contribution in [2.45, 2.75) is 46.1 Å². The Balaban J connectivity index is 2.13. The van der Waals surface area contributed by atoms with Crippen molar-refractivity contribution < 1.29 is 14.3 Å². The summed E-state index contributed by atoms with van der Waals surface area (Å²) in [7, 11) is 0. The Kier molecular flexibility index (Phi) is 5.14. The van der Waals surface area contributed by atoms with Gasteiger partial charge in [0.15, 0.2) is 0 Å². The van der Waals surface area contributed by atoms with Crippen LogP contribution in [0.4, 0.5) is 0 Å². The summed E-state index contributed by atoms with van der Waals surface area (Å²) < 4.78 is 5.72. The van der Waals surface area contributed by atoms with Gasteiger partial charge in [0.05, 0.1) is 13.2 Å². The molecule has 118 valence electrons. The predicted octanol–water partition coefficient (Wildman–Crippen LogP) is 3.03. The first kappa shape index (κ1) is 16.4. The number of imide groups is 1. The van der Waals surface area contributed by atoms with Crippen molar-refractivity contribution >= 4 is 11.8 Å². The number of carbonyl (C=O) groups is 2. The Morgan fingerprint density at radius 3 is 2.05 bits per heavy atom. The summed E-state index contributed by atoms with van der Waals surface area (Å²) in [4.78, 5) is 22.6. The minimum atomic E-state index is -0.367. The predicted molar refractivity (Wildman–Crippen MR) is 85.5 cm³/mol. The molecule has 0 aliphatic carbocycles. The maximum absolute atomic E-state index is 11.5. The number of hydrogen-bond donors (Lipinski definition) is 1. The van der Waals surface area contributed by atoms with E-state index in [0.29, 0.717) is 24.0 Å². The highest BCUT2D eigenvalue weighted by atomic mass is 16.5. The maximum atomic E-state index is 11.5. The van der Waals surface area contributed by atoms with Crippen LogP contribution in [-0.4, -0.2) is 18.4 Å². The van der Waals surface area contributed by atoms with Crippen LogP contribution in [0, 0.1) is 0 Å². The van der Waals surface area contributed by atoms with Gasteiger partial charge in [0, 0.05) is 11.6 Å². The third-order valence-corrected chi connectivity index (χ3v) is 3.83. The van der Waals surface area contributed by atoms with Gasteiger partial charge in [0.1, 0.15) is 0 Å². The third-order valence-electron chi connectivity index (χ3n) is 3.83. The van der Waals surface area contributed by atoms with Crippen LogP contribution in [0.1, 0.15) is 56.2 Å². The van der Waals surface area contributed by atoms with Crippen molar-refractivity contribution in [1.29, 1.82) is 0 Å². The van der Waals surface area contributed by atoms with Crippen LogP contribution in [0.3, 0.4) is 0 Å². The molecule has 2 rings (SSSR count). The van der Waals surface area contributed by atoms with Gasteiger partial charge in [-0.25, -0.2) is 0 Å². The molecule has 1 heterocycles. The lowest BCUT2D eigenvalue weighted by Gasteiger charge is -2.19. The van der Waals surface area contributed by atoms with E-state index in [1.807, 2.05) is 0 Å². The van der Waals surface area contributed by atoms with Gasteiger partial charge < -0.3 is 4.74 Å². The zero-order valence-corrected chi connectivity index (χ0v) is 13.6. The summed E-state index contributed by atoms with van der Waals surface area (Å²) >= 11 is 0. The molecule has 0 unspecified atom stereocenters. The molecule has 0 bridgehead atoms. The highest BCUT2D eigenvalue weighted by Crippen LogP contribution is 2.28. The van der Waals surface area contributed by atoms with E-state index in [9.17, 15) is 9.59 Å². The number of hydrogen-bond acceptors (Lipinski definition) is 3. The van der Waals surface area contributed by atoms with Crippen molar-refractivity contribution in [1.82, 2.24) is 5.32 Å². The Bertz CT molecular complexity index is 589. The van der Waals surface area contributed by atoms with Gasteiger partial charge in [-0.3, -0.25) is 14.9 Å². The highest BCUT2D eigenvalue weighted by molar-refractivity contribution is 6.16. The molecule has 2 amide bonds. The van der Waals surface area contributed by atoms with Crippen molar-refractivity contribution in [3.63, 3.8) is 0 Å². The van der Waals surface area contributed by atoms with Crippen LogP contribution in [0.5, 0.6) is 0 Å². The van der Waals surface area contributed by atoms with Gasteiger partial charge in [-0.05, 0) is 28.5 Å². The van der Waals surface area contributed by atoms with Gasteiger partial charge in [-0.15, -0.1) is 0 Å². The first-order chi connectivity index (χ1) is 10.4. The fraction of sp³-hybridized carbons (Fsp3) is 0.444. The average Bonchev–Trinajstić information content (AvgIpc) is 2.76. The second-order valence-electron chi connectivity index (χ2n) is 6.21. The zero-order valence-electron chi connectivity index (χ0n) is 13.6. The van der Waals surface area contributed by atoms with Gasteiger partial charge in [-0.1, -0.05) is 45.9 Å². The van der Waals surface area contributed by atoms with Gasteiger partial charge in [0.25, 0.3) is 11.8 Å². The number of carbonyl (C=O) groups excluding carboxylic acids is 2. The lowest BCUT2D eigenvalue weighted by molar-refractivity contribution is -0.124. The fourth-order valence-corrected chi connectivity index (χ4v) is 2.69. The Labute approximate surface area is 131 Å². The maximum Gasteiger partial charge on any atom is 0.256 e. The van der Waals surface area contributed by atoms with E-state index in [-0.39, 0.29) is 18.4 Å². The summed E-state index contributed by atoms with van der Waals surface area (Å²) in [5, 5.41) is 2.22. The Hall–Kier alpha value is -1.94. The van der Waals surface area contributed by atoms with Crippen molar-refractivity contribution in [3.05, 3.63) is 46.5 Å². The van der Waals surface area contributed by atoms with E-state index in [2.05, 4.69) is 51.2 Å². The second-order valence-corrected chi connectivity index (χ2v) is 6.21. The molecule has 1 aromatic rings. The molecule has 1 N–H and O–H groups in total. The molecule has 0 spiro atoms. The zero-order chi connectivity index (χ0) is 16.3. The quantitative estimate of drug-likeness (QED) is 0.822. The van der Waals surface area contributed by atoms with Crippen molar-refractivity contribution in [2.75, 3.05) is 6.61 Å². The van der Waals surface area contributed by atoms with Crippen molar-refractivity contribution in [3.8, 4) is 0 Å². The molecule has 22 heavy (non-hydrogen) atoms. The van der Waals surface area contributed by atoms with Crippen LogP contribution in [0.25, 0.3) is 0 Å². The number of rotatable bonds is 6. The standard InChI is InChI=1S/C18H23NO3/c1-11(2)14-6-5-7-15(12(3)4)16(14)10-22-9-13-8-17(20)19-18(13)21/h5-8,11-12H,9-10H2,1-4H3,(H,19,20,21). The minimum Gasteiger partial charge on any atom is -0.372 e. The summed E-state index contributed by atoms with van der Waals surface area (Å²) in [5.41, 5.74) is 4.12. The number of amides is 2. The Morgan fingerprint density at radius 2 is 1.59 bits per heavy atom. The largest absolute Gasteiger partial charge is 0.372 e. The molecule has 0 radical (unpaired) electrons. The summed E-state index contributed by atoms with van der Waals surface area (Å²) in [5.74, 6) is 0.0982. The van der Waals surface area contributed by atoms with E-state index in [1.54, 1.807) is 0 Å². The summed E-state index contributed by atoms with van der Waals surface area (Å²) in [6.07, 6.45) is 1.31. The molecular weight excluding hydrogens is 278 g/mol. The normalized spacial score (nSPS) is 14.7. The van der Waals surface area contributed by atoms with E-state index >= 15 is 0 Å². The molecule has 0 saturated carbocycles. The van der Waals surface area contributed by atoms with Gasteiger partial charge in [0.2, 0.25) is 0 Å². The molecule has 0 fully saturated rings. The third kappa shape index (κ3) is 3.63. The minimum absolute atomic E-state index is 0.154. The van der Waals surface area contributed by atoms with Crippen molar-refractivity contribution in [2.24, 2.45) is 0 Å². The molecule has 1 aliphatic rings. The first-order valence-electron chi connectivity index (χ1n) is 7.65. The van der Waals surface area contributed by atoms with E-state index in [4.69, 9.17) is 4.74 Å². The molecular formula is C18H23NO3. The molecule has 4 heteroatoms. The number of nitrogens with one attached hydrogen (secondary N) is 1. The van der Waals surface area contributed by atoms with Gasteiger partial charge in [-0.2, -0.15) is 0 Å². The highest BCUT2D eigenvalue weighted by Gasteiger charge is 2.21. The molecule has 1 aliphatic heterocycles. The molecule has 0 saturated heterocycles. The Morgan fingerprint density at radius 1 is 1.00 bits per heavy atom. The number of benzene rings is 1. The van der Waals surface area contributed by atoms with E-state index in [1.165, 1.54) is 22.8 Å². The van der Waals surface area contributed by atoms with Crippen LogP contribution in [-0.2, 0) is 20.9 Å². The van der Waals surface area contributed by atoms with Gasteiger partial charge >= 0.3 is 0 Å². The lowest BCUT2D eigenvalue weighted by Crippen LogP contribution is -2.23. The first-order valence-corrected chi connectivity index (χ1v) is 7.65. The van der Waals surface area contributed by atoms with Crippen LogP contribution < -0.4 is 5.32 Å². The average molecular weight is 301 g/mol. The van der Waals surface area contributed by atoms with E-state index < -0.39 is 0 Å². The number of ether oxygens (including phenoxy) is 1.